The molecular weight excluding hydrogens is 348 g/mol. The predicted molar refractivity (Wildman–Crippen MR) is 112 cm³/mol. The summed E-state index contributed by atoms with van der Waals surface area (Å²) < 4.78 is 2.01. The van der Waals surface area contributed by atoms with E-state index in [4.69, 9.17) is 0 Å². The summed E-state index contributed by atoms with van der Waals surface area (Å²) in [5.74, 6) is 0.360. The number of fused-ring (bicyclic) bond motifs is 1. The smallest absolute Gasteiger partial charge is 0.322 e. The van der Waals surface area contributed by atoms with Crippen LogP contribution in [-0.4, -0.2) is 22.4 Å². The number of aryl methyl sites for hydroxylation is 1. The van der Waals surface area contributed by atoms with Crippen LogP contribution in [0.5, 0.6) is 0 Å². The van der Waals surface area contributed by atoms with Crippen molar-refractivity contribution < 1.29 is 4.79 Å². The van der Waals surface area contributed by atoms with E-state index in [0.717, 1.165) is 35.7 Å². The van der Waals surface area contributed by atoms with E-state index in [2.05, 4.69) is 42.5 Å². The Labute approximate surface area is 166 Å². The van der Waals surface area contributed by atoms with Crippen LogP contribution in [0.25, 0.3) is 0 Å². The fourth-order valence-electron chi connectivity index (χ4n) is 3.97. The summed E-state index contributed by atoms with van der Waals surface area (Å²) in [6.45, 7) is 8.17. The molecule has 0 bridgehead atoms. The first kappa shape index (κ1) is 18.3. The van der Waals surface area contributed by atoms with E-state index in [1.165, 1.54) is 11.1 Å². The zero-order chi connectivity index (χ0) is 19.7. The summed E-state index contributed by atoms with van der Waals surface area (Å²) in [7, 11) is 0. The molecule has 2 heterocycles. The van der Waals surface area contributed by atoms with E-state index in [0.29, 0.717) is 12.5 Å². The van der Waals surface area contributed by atoms with Crippen molar-refractivity contribution >= 4 is 11.7 Å². The third-order valence-corrected chi connectivity index (χ3v) is 5.58. The van der Waals surface area contributed by atoms with E-state index in [1.54, 1.807) is 0 Å². The Bertz CT molecular complexity index is 993. The minimum absolute atomic E-state index is 0.0496. The maximum absolute atomic E-state index is 12.8. The molecule has 1 aliphatic heterocycles. The fourth-order valence-corrected chi connectivity index (χ4v) is 3.97. The van der Waals surface area contributed by atoms with Gasteiger partial charge in [-0.05, 0) is 31.0 Å². The highest BCUT2D eigenvalue weighted by atomic mass is 16.2. The number of nitrogens with one attached hydrogen (secondary N) is 1. The predicted octanol–water partition coefficient (Wildman–Crippen LogP) is 4.38. The van der Waals surface area contributed by atoms with Gasteiger partial charge >= 0.3 is 6.03 Å². The number of urea groups is 1. The highest BCUT2D eigenvalue weighted by Crippen LogP contribution is 2.35. The molecule has 28 heavy (non-hydrogen) atoms. The molecule has 5 heteroatoms. The Hall–Kier alpha value is -3.08. The highest BCUT2D eigenvalue weighted by molar-refractivity contribution is 5.94. The molecule has 5 nitrogen and oxygen atoms in total. The number of rotatable bonds is 4. The summed E-state index contributed by atoms with van der Waals surface area (Å²) in [5, 5.41) is 7.78. The lowest BCUT2D eigenvalue weighted by Gasteiger charge is -2.18. The van der Waals surface area contributed by atoms with E-state index >= 15 is 0 Å². The van der Waals surface area contributed by atoms with Gasteiger partial charge < -0.3 is 5.32 Å². The molecule has 0 radical (unpaired) electrons. The molecule has 4 rings (SSSR count). The van der Waals surface area contributed by atoms with Crippen LogP contribution in [0.4, 0.5) is 10.5 Å². The molecule has 2 amide bonds. The van der Waals surface area contributed by atoms with Crippen molar-refractivity contribution in [3.63, 3.8) is 0 Å². The lowest BCUT2D eigenvalue weighted by atomic mass is 10.0. The van der Waals surface area contributed by atoms with Crippen LogP contribution >= 0.6 is 0 Å². The Balaban J connectivity index is 1.46. The summed E-state index contributed by atoms with van der Waals surface area (Å²) in [6, 6.07) is 18.4. The molecule has 144 valence electrons. The number of carbonyl (C=O) groups is 1. The molecule has 1 N–H and O–H groups in total. The summed E-state index contributed by atoms with van der Waals surface area (Å²) in [5.41, 5.74) is 6.61. The quantitative estimate of drug-likeness (QED) is 0.737. The van der Waals surface area contributed by atoms with Gasteiger partial charge in [-0.2, -0.15) is 5.10 Å². The number of anilines is 1. The topological polar surface area (TPSA) is 50.2 Å². The van der Waals surface area contributed by atoms with Crippen molar-refractivity contribution in [2.45, 2.75) is 39.8 Å². The first-order valence-electron chi connectivity index (χ1n) is 9.75. The second-order valence-electron chi connectivity index (χ2n) is 7.52. The third kappa shape index (κ3) is 3.40. The molecule has 3 aromatic rings. The van der Waals surface area contributed by atoms with Gasteiger partial charge in [-0.15, -0.1) is 0 Å². The number of hydrogen-bond donors (Lipinski definition) is 1. The van der Waals surface area contributed by atoms with Crippen molar-refractivity contribution in [2.75, 3.05) is 11.4 Å². The van der Waals surface area contributed by atoms with Crippen molar-refractivity contribution in [1.29, 1.82) is 0 Å². The average Bonchev–Trinajstić information content (AvgIpc) is 3.18. The van der Waals surface area contributed by atoms with Crippen molar-refractivity contribution in [2.24, 2.45) is 0 Å². The molecule has 0 aliphatic carbocycles. The van der Waals surface area contributed by atoms with Crippen LogP contribution in [-0.2, 0) is 13.1 Å². The Morgan fingerprint density at radius 2 is 1.82 bits per heavy atom. The standard InChI is InChI=1S/C23H26N4O/c1-16-14-26(22-12-8-7-11-20(16)22)23(28)24-13-21-17(2)25-27(18(21)3)15-19-9-5-4-6-10-19/h4-12,16H,13-15H2,1-3H3,(H,24,28). The SMILES string of the molecule is Cc1nn(Cc2ccccc2)c(C)c1CNC(=O)N1CC(C)c2ccccc21. The first-order chi connectivity index (χ1) is 13.5. The van der Waals surface area contributed by atoms with Gasteiger partial charge in [0.1, 0.15) is 0 Å². The number of hydrogen-bond acceptors (Lipinski definition) is 2. The maximum atomic E-state index is 12.8. The normalized spacial score (nSPS) is 15.5. The lowest BCUT2D eigenvalue weighted by Crippen LogP contribution is -2.39. The van der Waals surface area contributed by atoms with Crippen LogP contribution in [0.15, 0.2) is 54.6 Å². The summed E-state index contributed by atoms with van der Waals surface area (Å²) in [4.78, 5) is 14.7. The second-order valence-corrected chi connectivity index (χ2v) is 7.52. The number of para-hydroxylation sites is 1. The third-order valence-electron chi connectivity index (χ3n) is 5.58. The molecule has 0 saturated carbocycles. The van der Waals surface area contributed by atoms with Gasteiger partial charge in [0.2, 0.25) is 0 Å². The number of benzene rings is 2. The molecule has 0 fully saturated rings. The minimum Gasteiger partial charge on any atom is -0.333 e. The van der Waals surface area contributed by atoms with Gasteiger partial charge in [0, 0.05) is 36.0 Å². The number of carbonyl (C=O) groups excluding carboxylic acids is 1. The van der Waals surface area contributed by atoms with Gasteiger partial charge in [-0.25, -0.2) is 4.79 Å². The monoisotopic (exact) mass is 374 g/mol. The lowest BCUT2D eigenvalue weighted by molar-refractivity contribution is 0.246. The van der Waals surface area contributed by atoms with Gasteiger partial charge in [0.15, 0.2) is 0 Å². The molecule has 1 aromatic heterocycles. The number of nitrogens with zero attached hydrogens (tertiary/aromatic N) is 3. The molecule has 1 atom stereocenters. The molecular formula is C23H26N4O. The maximum Gasteiger partial charge on any atom is 0.322 e. The zero-order valence-electron chi connectivity index (χ0n) is 16.6. The highest BCUT2D eigenvalue weighted by Gasteiger charge is 2.29. The number of aromatic nitrogens is 2. The van der Waals surface area contributed by atoms with Crippen LogP contribution < -0.4 is 10.2 Å². The van der Waals surface area contributed by atoms with Crippen LogP contribution in [0.2, 0.25) is 0 Å². The molecule has 0 saturated heterocycles. The minimum atomic E-state index is -0.0496. The number of amides is 2. The van der Waals surface area contributed by atoms with Gasteiger partial charge in [-0.1, -0.05) is 55.5 Å². The molecule has 0 spiro atoms. The van der Waals surface area contributed by atoms with Crippen LogP contribution in [0.3, 0.4) is 0 Å². The molecule has 1 unspecified atom stereocenters. The Morgan fingerprint density at radius 3 is 2.61 bits per heavy atom. The largest absolute Gasteiger partial charge is 0.333 e. The fraction of sp³-hybridized carbons (Fsp3) is 0.304. The first-order valence-corrected chi connectivity index (χ1v) is 9.75. The van der Waals surface area contributed by atoms with Gasteiger partial charge in [0.25, 0.3) is 0 Å². The zero-order valence-corrected chi connectivity index (χ0v) is 16.6. The van der Waals surface area contributed by atoms with Crippen LogP contribution in [0, 0.1) is 13.8 Å². The van der Waals surface area contributed by atoms with Crippen molar-refractivity contribution in [3.8, 4) is 0 Å². The average molecular weight is 374 g/mol. The van der Waals surface area contributed by atoms with E-state index in [9.17, 15) is 4.79 Å². The van der Waals surface area contributed by atoms with Gasteiger partial charge in [0.05, 0.1) is 12.2 Å². The summed E-state index contributed by atoms with van der Waals surface area (Å²) in [6.07, 6.45) is 0. The van der Waals surface area contributed by atoms with E-state index in [-0.39, 0.29) is 6.03 Å². The van der Waals surface area contributed by atoms with E-state index in [1.807, 2.05) is 52.9 Å². The Kier molecular flexibility index (Phi) is 4.90. The summed E-state index contributed by atoms with van der Waals surface area (Å²) >= 11 is 0. The molecule has 1 aliphatic rings. The van der Waals surface area contributed by atoms with Crippen molar-refractivity contribution in [3.05, 3.63) is 82.7 Å². The van der Waals surface area contributed by atoms with E-state index < -0.39 is 0 Å². The van der Waals surface area contributed by atoms with Gasteiger partial charge in [-0.3, -0.25) is 9.58 Å². The molecule has 2 aromatic carbocycles. The second kappa shape index (κ2) is 7.50. The Morgan fingerprint density at radius 1 is 1.11 bits per heavy atom. The van der Waals surface area contributed by atoms with Crippen molar-refractivity contribution in [1.82, 2.24) is 15.1 Å². The van der Waals surface area contributed by atoms with Crippen LogP contribution in [0.1, 0.15) is 40.9 Å².